The van der Waals surface area contributed by atoms with Gasteiger partial charge in [-0.25, -0.2) is 8.42 Å². The van der Waals surface area contributed by atoms with E-state index in [9.17, 15) is 18.0 Å². The standard InChI is InChI=1S/C25H31N3O5S/c1-5-27(20-8-10-21(33-4)11-9-20)24(29)16-26(3)34(31,32)22-12-13-23-19(15-22)14-17(2)28(23)25(30)18-6-7-18/h8-13,15,17-18H,5-7,14,16H2,1-4H3. The normalized spacial score (nSPS) is 17.6. The zero-order valence-corrected chi connectivity index (χ0v) is 20.8. The number of fused-ring (bicyclic) bond motifs is 1. The highest BCUT2D eigenvalue weighted by Gasteiger charge is 2.40. The van der Waals surface area contributed by atoms with Crippen LogP contribution < -0.4 is 14.5 Å². The van der Waals surface area contributed by atoms with Gasteiger partial charge in [0, 0.05) is 36.9 Å². The van der Waals surface area contributed by atoms with Crippen molar-refractivity contribution in [3.8, 4) is 5.75 Å². The summed E-state index contributed by atoms with van der Waals surface area (Å²) in [5, 5.41) is 0. The van der Waals surface area contributed by atoms with E-state index in [0.29, 0.717) is 24.4 Å². The van der Waals surface area contributed by atoms with Crippen molar-refractivity contribution in [2.75, 3.05) is 37.0 Å². The molecule has 0 bridgehead atoms. The van der Waals surface area contributed by atoms with Crippen LogP contribution in [-0.2, 0) is 26.0 Å². The van der Waals surface area contributed by atoms with Crippen LogP contribution in [0.15, 0.2) is 47.4 Å². The lowest BCUT2D eigenvalue weighted by atomic mass is 10.1. The maximum atomic E-state index is 13.3. The van der Waals surface area contributed by atoms with Gasteiger partial charge in [-0.15, -0.1) is 0 Å². The molecule has 1 aliphatic carbocycles. The van der Waals surface area contributed by atoms with Gasteiger partial charge in [-0.2, -0.15) is 4.31 Å². The fourth-order valence-electron chi connectivity index (χ4n) is 4.44. The highest BCUT2D eigenvalue weighted by atomic mass is 32.2. The third kappa shape index (κ3) is 4.54. The van der Waals surface area contributed by atoms with Gasteiger partial charge in [0.05, 0.1) is 18.6 Å². The molecule has 1 heterocycles. The van der Waals surface area contributed by atoms with E-state index < -0.39 is 10.0 Å². The van der Waals surface area contributed by atoms with E-state index >= 15 is 0 Å². The Hall–Kier alpha value is -2.91. The lowest BCUT2D eigenvalue weighted by Gasteiger charge is -2.25. The van der Waals surface area contributed by atoms with Gasteiger partial charge in [0.1, 0.15) is 5.75 Å². The third-order valence-corrected chi connectivity index (χ3v) is 8.30. The van der Waals surface area contributed by atoms with E-state index in [4.69, 9.17) is 4.74 Å². The first-order chi connectivity index (χ1) is 16.2. The van der Waals surface area contributed by atoms with E-state index in [-0.39, 0.29) is 35.2 Å². The minimum Gasteiger partial charge on any atom is -0.497 e. The molecule has 1 atom stereocenters. The highest BCUT2D eigenvalue weighted by molar-refractivity contribution is 7.89. The van der Waals surface area contributed by atoms with E-state index in [0.717, 1.165) is 28.4 Å². The number of benzene rings is 2. The summed E-state index contributed by atoms with van der Waals surface area (Å²) in [4.78, 5) is 29.1. The first-order valence-corrected chi connectivity index (χ1v) is 13.0. The summed E-state index contributed by atoms with van der Waals surface area (Å²) in [6.45, 7) is 3.94. The predicted molar refractivity (Wildman–Crippen MR) is 131 cm³/mol. The summed E-state index contributed by atoms with van der Waals surface area (Å²) >= 11 is 0. The lowest BCUT2D eigenvalue weighted by Crippen LogP contribution is -2.41. The molecule has 0 N–H and O–H groups in total. The van der Waals surface area contributed by atoms with Gasteiger partial charge >= 0.3 is 0 Å². The van der Waals surface area contributed by atoms with Crippen LogP contribution >= 0.6 is 0 Å². The molecule has 9 heteroatoms. The molecule has 1 fully saturated rings. The van der Waals surface area contributed by atoms with Crippen molar-refractivity contribution in [1.82, 2.24) is 4.31 Å². The number of carbonyl (C=O) groups is 2. The van der Waals surface area contributed by atoms with E-state index in [1.54, 1.807) is 43.5 Å². The molecule has 4 rings (SSSR count). The minimum absolute atomic E-state index is 0.00275. The van der Waals surface area contributed by atoms with Gasteiger partial charge in [0.2, 0.25) is 21.8 Å². The number of rotatable bonds is 8. The number of hydrogen-bond donors (Lipinski definition) is 0. The Morgan fingerprint density at radius 1 is 1.12 bits per heavy atom. The van der Waals surface area contributed by atoms with Crippen molar-refractivity contribution >= 4 is 33.2 Å². The van der Waals surface area contributed by atoms with E-state index in [2.05, 4.69) is 0 Å². The number of methoxy groups -OCH3 is 1. The molecule has 2 aliphatic rings. The number of nitrogens with zero attached hydrogens (tertiary/aromatic N) is 3. The molecule has 182 valence electrons. The van der Waals surface area contributed by atoms with Crippen molar-refractivity contribution in [3.05, 3.63) is 48.0 Å². The molecule has 8 nitrogen and oxygen atoms in total. The van der Waals surface area contributed by atoms with Crippen LogP contribution in [0.1, 0.15) is 32.3 Å². The van der Waals surface area contributed by atoms with E-state index in [1.165, 1.54) is 18.0 Å². The fourth-order valence-corrected chi connectivity index (χ4v) is 5.61. The average molecular weight is 486 g/mol. The van der Waals surface area contributed by atoms with Crippen LogP contribution in [0.25, 0.3) is 0 Å². The Labute approximate surface area is 201 Å². The largest absolute Gasteiger partial charge is 0.497 e. The number of amides is 2. The van der Waals surface area contributed by atoms with Crippen molar-refractivity contribution in [3.63, 3.8) is 0 Å². The molecule has 1 aliphatic heterocycles. The molecule has 2 aromatic carbocycles. The number of ether oxygens (including phenoxy) is 1. The summed E-state index contributed by atoms with van der Waals surface area (Å²) in [5.41, 5.74) is 2.31. The van der Waals surface area contributed by atoms with Gasteiger partial charge in [0.25, 0.3) is 0 Å². The van der Waals surface area contributed by atoms with Crippen LogP contribution in [-0.4, -0.2) is 57.8 Å². The zero-order chi connectivity index (χ0) is 24.6. The molecule has 2 aromatic rings. The number of likely N-dealkylation sites (N-methyl/N-ethyl adjacent to an activating group) is 2. The maximum Gasteiger partial charge on any atom is 0.243 e. The summed E-state index contributed by atoms with van der Waals surface area (Å²) in [7, 11) is -0.907. The molecular weight excluding hydrogens is 454 g/mol. The average Bonchev–Trinajstić information content (AvgIpc) is 3.61. The predicted octanol–water partition coefficient (Wildman–Crippen LogP) is 3.06. The van der Waals surface area contributed by atoms with Gasteiger partial charge in [-0.3, -0.25) is 9.59 Å². The first kappa shape index (κ1) is 24.2. The molecular formula is C25H31N3O5S. The van der Waals surface area contributed by atoms with Gasteiger partial charge < -0.3 is 14.5 Å². The zero-order valence-electron chi connectivity index (χ0n) is 20.0. The number of hydrogen-bond acceptors (Lipinski definition) is 5. The quantitative estimate of drug-likeness (QED) is 0.574. The van der Waals surface area contributed by atoms with Gasteiger partial charge in [-0.05, 0) is 81.1 Å². The molecule has 0 saturated heterocycles. The molecule has 2 amide bonds. The molecule has 34 heavy (non-hydrogen) atoms. The summed E-state index contributed by atoms with van der Waals surface area (Å²) in [6, 6.07) is 11.9. The molecule has 0 spiro atoms. The topological polar surface area (TPSA) is 87.2 Å². The Kier molecular flexibility index (Phi) is 6.69. The van der Waals surface area contributed by atoms with Crippen molar-refractivity contribution in [1.29, 1.82) is 0 Å². The molecule has 0 aromatic heterocycles. The highest BCUT2D eigenvalue weighted by Crippen LogP contribution is 2.39. The third-order valence-electron chi connectivity index (χ3n) is 6.50. The van der Waals surface area contributed by atoms with Crippen LogP contribution in [0.4, 0.5) is 11.4 Å². The van der Waals surface area contributed by atoms with Gasteiger partial charge in [0.15, 0.2) is 0 Å². The van der Waals surface area contributed by atoms with Crippen molar-refractivity contribution in [2.24, 2.45) is 5.92 Å². The SMILES string of the molecule is CCN(C(=O)CN(C)S(=O)(=O)c1ccc2c(c1)CC(C)N2C(=O)C1CC1)c1ccc(OC)cc1. The van der Waals surface area contributed by atoms with Crippen LogP contribution in [0, 0.1) is 5.92 Å². The summed E-state index contributed by atoms with van der Waals surface area (Å²) in [5.74, 6) is 0.578. The smallest absolute Gasteiger partial charge is 0.243 e. The van der Waals surface area contributed by atoms with Crippen LogP contribution in [0.5, 0.6) is 5.75 Å². The van der Waals surface area contributed by atoms with Crippen LogP contribution in [0.3, 0.4) is 0 Å². The first-order valence-electron chi connectivity index (χ1n) is 11.5. The molecule has 1 saturated carbocycles. The second-order valence-corrected chi connectivity index (χ2v) is 11.0. The Morgan fingerprint density at radius 3 is 2.38 bits per heavy atom. The second-order valence-electron chi connectivity index (χ2n) is 8.92. The minimum atomic E-state index is -3.89. The number of sulfonamides is 1. The molecule has 1 unspecified atom stereocenters. The molecule has 0 radical (unpaired) electrons. The fraction of sp³-hybridized carbons (Fsp3) is 0.440. The second kappa shape index (κ2) is 9.38. The maximum absolute atomic E-state index is 13.3. The Morgan fingerprint density at radius 2 is 1.79 bits per heavy atom. The van der Waals surface area contributed by atoms with Crippen molar-refractivity contribution < 1.29 is 22.7 Å². The Balaban J connectivity index is 1.51. The van der Waals surface area contributed by atoms with E-state index in [1.807, 2.05) is 18.7 Å². The monoisotopic (exact) mass is 485 g/mol. The number of carbonyl (C=O) groups excluding carboxylic acids is 2. The van der Waals surface area contributed by atoms with Crippen LogP contribution in [0.2, 0.25) is 0 Å². The number of anilines is 2. The summed E-state index contributed by atoms with van der Waals surface area (Å²) in [6.07, 6.45) is 2.46. The Bertz CT molecular complexity index is 1190. The summed E-state index contributed by atoms with van der Waals surface area (Å²) < 4.78 is 32.8. The van der Waals surface area contributed by atoms with Gasteiger partial charge in [-0.1, -0.05) is 0 Å². The lowest BCUT2D eigenvalue weighted by molar-refractivity contribution is -0.120. The van der Waals surface area contributed by atoms with Crippen molar-refractivity contribution in [2.45, 2.75) is 44.0 Å².